The lowest BCUT2D eigenvalue weighted by molar-refractivity contribution is 0.0692. The van der Waals surface area contributed by atoms with E-state index in [-0.39, 0.29) is 16.0 Å². The Morgan fingerprint density at radius 2 is 2.00 bits per heavy atom. The maximum Gasteiger partial charge on any atom is 0.336 e. The average molecular weight is 270 g/mol. The SMILES string of the molecule is O=C(O)c1ccsc1C(O)c1cccc(F)c1F. The molecule has 1 heterocycles. The molecule has 0 amide bonds. The normalized spacial score (nSPS) is 12.4. The van der Waals surface area contributed by atoms with Gasteiger partial charge in [-0.2, -0.15) is 0 Å². The Labute approximate surface area is 105 Å². The van der Waals surface area contributed by atoms with Crippen LogP contribution in [-0.2, 0) is 0 Å². The van der Waals surface area contributed by atoms with Crippen LogP contribution in [0.15, 0.2) is 29.6 Å². The number of aliphatic hydroxyl groups is 1. The average Bonchev–Trinajstić information content (AvgIpc) is 2.81. The highest BCUT2D eigenvalue weighted by Crippen LogP contribution is 2.31. The first-order valence-electron chi connectivity index (χ1n) is 4.95. The molecule has 0 spiro atoms. The third-order valence-corrected chi connectivity index (χ3v) is 3.42. The van der Waals surface area contributed by atoms with Crippen LogP contribution in [0.2, 0.25) is 0 Å². The minimum absolute atomic E-state index is 0.0759. The molecule has 0 saturated carbocycles. The zero-order valence-electron chi connectivity index (χ0n) is 8.93. The second-order valence-electron chi connectivity index (χ2n) is 3.55. The first-order valence-corrected chi connectivity index (χ1v) is 5.83. The number of thiophene rings is 1. The Hall–Kier alpha value is -1.79. The van der Waals surface area contributed by atoms with Crippen molar-refractivity contribution in [2.24, 2.45) is 0 Å². The fraction of sp³-hybridized carbons (Fsp3) is 0.0833. The van der Waals surface area contributed by atoms with Crippen LogP contribution in [0.4, 0.5) is 8.78 Å². The van der Waals surface area contributed by atoms with Crippen LogP contribution in [0.5, 0.6) is 0 Å². The largest absolute Gasteiger partial charge is 0.478 e. The highest BCUT2D eigenvalue weighted by Gasteiger charge is 2.23. The summed E-state index contributed by atoms with van der Waals surface area (Å²) >= 11 is 0.975. The van der Waals surface area contributed by atoms with Gasteiger partial charge in [-0.25, -0.2) is 13.6 Å². The van der Waals surface area contributed by atoms with Gasteiger partial charge >= 0.3 is 5.97 Å². The highest BCUT2D eigenvalue weighted by molar-refractivity contribution is 7.10. The van der Waals surface area contributed by atoms with Crippen LogP contribution in [0.25, 0.3) is 0 Å². The van der Waals surface area contributed by atoms with Crippen molar-refractivity contribution in [3.63, 3.8) is 0 Å². The number of aliphatic hydroxyl groups excluding tert-OH is 1. The molecule has 6 heteroatoms. The number of benzene rings is 1. The summed E-state index contributed by atoms with van der Waals surface area (Å²) in [5.74, 6) is -3.48. The van der Waals surface area contributed by atoms with E-state index >= 15 is 0 Å². The summed E-state index contributed by atoms with van der Waals surface area (Å²) in [5.41, 5.74) is -0.392. The first kappa shape index (κ1) is 12.7. The van der Waals surface area contributed by atoms with Crippen molar-refractivity contribution in [1.82, 2.24) is 0 Å². The van der Waals surface area contributed by atoms with Crippen LogP contribution in [0.3, 0.4) is 0 Å². The fourth-order valence-corrected chi connectivity index (χ4v) is 2.47. The topological polar surface area (TPSA) is 57.5 Å². The Morgan fingerprint density at radius 1 is 1.28 bits per heavy atom. The predicted molar refractivity (Wildman–Crippen MR) is 61.7 cm³/mol. The number of rotatable bonds is 3. The summed E-state index contributed by atoms with van der Waals surface area (Å²) in [6.07, 6.45) is -1.49. The summed E-state index contributed by atoms with van der Waals surface area (Å²) in [4.78, 5) is 11.0. The highest BCUT2D eigenvalue weighted by atomic mass is 32.1. The summed E-state index contributed by atoms with van der Waals surface area (Å²) in [5, 5.41) is 20.3. The quantitative estimate of drug-likeness (QED) is 0.901. The van der Waals surface area contributed by atoms with Gasteiger partial charge in [0.1, 0.15) is 6.10 Å². The molecule has 2 rings (SSSR count). The molecule has 1 atom stereocenters. The number of carboxylic acids is 1. The zero-order valence-corrected chi connectivity index (χ0v) is 9.75. The van der Waals surface area contributed by atoms with Crippen LogP contribution >= 0.6 is 11.3 Å². The number of halogens is 2. The van der Waals surface area contributed by atoms with Crippen molar-refractivity contribution in [2.45, 2.75) is 6.10 Å². The van der Waals surface area contributed by atoms with E-state index in [1.165, 1.54) is 23.6 Å². The molecule has 3 nitrogen and oxygen atoms in total. The van der Waals surface area contributed by atoms with Crippen LogP contribution in [0, 0.1) is 11.6 Å². The van der Waals surface area contributed by atoms with Crippen molar-refractivity contribution < 1.29 is 23.8 Å². The monoisotopic (exact) mass is 270 g/mol. The van der Waals surface area contributed by atoms with Crippen LogP contribution < -0.4 is 0 Å². The van der Waals surface area contributed by atoms with Gasteiger partial charge in [0.15, 0.2) is 11.6 Å². The van der Waals surface area contributed by atoms with Gasteiger partial charge in [0, 0.05) is 5.56 Å². The second kappa shape index (κ2) is 4.83. The minimum Gasteiger partial charge on any atom is -0.478 e. The molecule has 0 aliphatic rings. The molecule has 1 unspecified atom stereocenters. The molecule has 2 aromatic rings. The van der Waals surface area contributed by atoms with Crippen molar-refractivity contribution in [1.29, 1.82) is 0 Å². The van der Waals surface area contributed by atoms with Crippen molar-refractivity contribution >= 4 is 17.3 Å². The van der Waals surface area contributed by atoms with Crippen molar-refractivity contribution in [3.8, 4) is 0 Å². The molecule has 0 fully saturated rings. The third-order valence-electron chi connectivity index (χ3n) is 2.45. The number of hydrogen-bond donors (Lipinski definition) is 2. The number of hydrogen-bond acceptors (Lipinski definition) is 3. The fourth-order valence-electron chi connectivity index (χ4n) is 1.58. The Kier molecular flexibility index (Phi) is 3.40. The van der Waals surface area contributed by atoms with E-state index in [1.807, 2.05) is 0 Å². The molecule has 0 radical (unpaired) electrons. The maximum atomic E-state index is 13.5. The van der Waals surface area contributed by atoms with Gasteiger partial charge in [0.05, 0.1) is 10.4 Å². The summed E-state index contributed by atoms with van der Waals surface area (Å²) in [6, 6.07) is 4.71. The van der Waals surface area contributed by atoms with Gasteiger partial charge in [0.25, 0.3) is 0 Å². The van der Waals surface area contributed by atoms with Gasteiger partial charge in [-0.15, -0.1) is 11.3 Å². The lowest BCUT2D eigenvalue weighted by Crippen LogP contribution is -2.07. The third kappa shape index (κ3) is 2.12. The van der Waals surface area contributed by atoms with Crippen LogP contribution in [0.1, 0.15) is 26.9 Å². The molecule has 18 heavy (non-hydrogen) atoms. The predicted octanol–water partition coefficient (Wildman–Crippen LogP) is 2.81. The van der Waals surface area contributed by atoms with Gasteiger partial charge < -0.3 is 10.2 Å². The van der Waals surface area contributed by atoms with Crippen molar-refractivity contribution in [2.75, 3.05) is 0 Å². The van der Waals surface area contributed by atoms with Gasteiger partial charge in [-0.3, -0.25) is 0 Å². The van der Waals surface area contributed by atoms with Gasteiger partial charge in [-0.05, 0) is 17.5 Å². The molecular formula is C12H8F2O3S. The molecule has 2 N–H and O–H groups in total. The summed E-state index contributed by atoms with van der Waals surface area (Å²) in [7, 11) is 0. The van der Waals surface area contributed by atoms with Gasteiger partial charge in [0.2, 0.25) is 0 Å². The van der Waals surface area contributed by atoms with E-state index in [0.717, 1.165) is 17.4 Å². The molecule has 1 aromatic heterocycles. The molecule has 0 aliphatic carbocycles. The van der Waals surface area contributed by atoms with Crippen molar-refractivity contribution in [3.05, 3.63) is 57.3 Å². The molecule has 1 aromatic carbocycles. The van der Waals surface area contributed by atoms with E-state index in [1.54, 1.807) is 0 Å². The molecular weight excluding hydrogens is 262 g/mol. The number of aromatic carboxylic acids is 1. The van der Waals surface area contributed by atoms with E-state index in [9.17, 15) is 18.7 Å². The van der Waals surface area contributed by atoms with Gasteiger partial charge in [-0.1, -0.05) is 12.1 Å². The standard InChI is InChI=1S/C12H8F2O3S/c13-8-3-1-2-6(9(8)14)10(15)11-7(12(16)17)4-5-18-11/h1-5,10,15H,(H,16,17). The van der Waals surface area contributed by atoms with E-state index in [0.29, 0.717) is 0 Å². The molecule has 94 valence electrons. The lowest BCUT2D eigenvalue weighted by atomic mass is 10.0. The molecule has 0 bridgehead atoms. The number of carboxylic acid groups (broad SMARTS) is 1. The first-order chi connectivity index (χ1) is 8.52. The Bertz CT molecular complexity index is 595. The number of carbonyl (C=O) groups is 1. The lowest BCUT2D eigenvalue weighted by Gasteiger charge is -2.11. The second-order valence-corrected chi connectivity index (χ2v) is 4.50. The zero-order chi connectivity index (χ0) is 13.3. The summed E-state index contributed by atoms with van der Waals surface area (Å²) < 4.78 is 26.5. The Morgan fingerprint density at radius 3 is 2.67 bits per heavy atom. The van der Waals surface area contributed by atoms with E-state index in [2.05, 4.69) is 0 Å². The molecule has 0 saturated heterocycles. The molecule has 0 aliphatic heterocycles. The maximum absolute atomic E-state index is 13.5. The minimum atomic E-state index is -1.49. The van der Waals surface area contributed by atoms with E-state index in [4.69, 9.17) is 5.11 Å². The van der Waals surface area contributed by atoms with Crippen LogP contribution in [-0.4, -0.2) is 16.2 Å². The smallest absolute Gasteiger partial charge is 0.336 e. The summed E-state index contributed by atoms with van der Waals surface area (Å²) in [6.45, 7) is 0. The van der Waals surface area contributed by atoms with E-state index < -0.39 is 23.7 Å². The Balaban J connectivity index is 2.48.